The van der Waals surface area contributed by atoms with Crippen molar-refractivity contribution >= 4 is 0 Å². The van der Waals surface area contributed by atoms with E-state index >= 15 is 0 Å². The number of hydrogen-bond acceptors (Lipinski definition) is 2. The van der Waals surface area contributed by atoms with Crippen molar-refractivity contribution in [3.8, 4) is 0 Å². The van der Waals surface area contributed by atoms with Crippen LogP contribution in [0.2, 0.25) is 0 Å². The molecule has 3 heteroatoms. The van der Waals surface area contributed by atoms with Crippen LogP contribution in [0.3, 0.4) is 0 Å². The van der Waals surface area contributed by atoms with Gasteiger partial charge >= 0.3 is 0 Å². The van der Waals surface area contributed by atoms with Crippen LogP contribution in [0.4, 0.5) is 0 Å². The van der Waals surface area contributed by atoms with Gasteiger partial charge in [-0.05, 0) is 24.8 Å². The maximum absolute atomic E-state index is 8.89. The Morgan fingerprint density at radius 3 is 2.75 bits per heavy atom. The Morgan fingerprint density at radius 2 is 2.33 bits per heavy atom. The van der Waals surface area contributed by atoms with E-state index in [0.29, 0.717) is 5.92 Å². The third-order valence-corrected chi connectivity index (χ3v) is 2.12. The molecule has 1 unspecified atom stereocenters. The van der Waals surface area contributed by atoms with Gasteiger partial charge in [-0.25, -0.2) is 0 Å². The molecule has 0 bridgehead atoms. The fourth-order valence-electron chi connectivity index (χ4n) is 1.26. The lowest BCUT2D eigenvalue weighted by Gasteiger charge is -2.08. The van der Waals surface area contributed by atoms with Crippen LogP contribution in [0, 0.1) is 12.8 Å². The summed E-state index contributed by atoms with van der Waals surface area (Å²) < 4.78 is 1.88. The SMILES string of the molecule is Cc1cnn(C)c1CC(C)CO. The van der Waals surface area contributed by atoms with E-state index in [1.165, 1.54) is 11.3 Å². The lowest BCUT2D eigenvalue weighted by Crippen LogP contribution is -2.09. The molecule has 0 fully saturated rings. The summed E-state index contributed by atoms with van der Waals surface area (Å²) in [6.07, 6.45) is 2.76. The molecular weight excluding hydrogens is 152 g/mol. The number of rotatable bonds is 3. The third-order valence-electron chi connectivity index (χ3n) is 2.12. The molecule has 0 aromatic carbocycles. The summed E-state index contributed by atoms with van der Waals surface area (Å²) in [5.74, 6) is 0.319. The standard InChI is InChI=1S/C9H16N2O/c1-7(6-12)4-9-8(2)5-10-11(9)3/h5,7,12H,4,6H2,1-3H3. The minimum absolute atomic E-state index is 0.241. The predicted molar refractivity (Wildman–Crippen MR) is 47.9 cm³/mol. The highest BCUT2D eigenvalue weighted by molar-refractivity contribution is 5.15. The molecular formula is C9H16N2O. The van der Waals surface area contributed by atoms with E-state index in [9.17, 15) is 0 Å². The van der Waals surface area contributed by atoms with Crippen molar-refractivity contribution in [2.45, 2.75) is 20.3 Å². The second-order valence-corrected chi connectivity index (χ2v) is 3.39. The molecule has 1 aromatic rings. The van der Waals surface area contributed by atoms with Crippen LogP contribution in [0.5, 0.6) is 0 Å². The van der Waals surface area contributed by atoms with Gasteiger partial charge in [0.15, 0.2) is 0 Å². The Morgan fingerprint density at radius 1 is 1.67 bits per heavy atom. The smallest absolute Gasteiger partial charge is 0.0521 e. The van der Waals surface area contributed by atoms with Crippen LogP contribution < -0.4 is 0 Å². The van der Waals surface area contributed by atoms with Gasteiger partial charge in [-0.2, -0.15) is 5.10 Å². The van der Waals surface area contributed by atoms with E-state index in [-0.39, 0.29) is 6.61 Å². The van der Waals surface area contributed by atoms with Crippen molar-refractivity contribution in [1.82, 2.24) is 9.78 Å². The van der Waals surface area contributed by atoms with Crippen LogP contribution in [0.25, 0.3) is 0 Å². The average molecular weight is 168 g/mol. The summed E-state index contributed by atoms with van der Waals surface area (Å²) in [7, 11) is 1.94. The second kappa shape index (κ2) is 3.72. The van der Waals surface area contributed by atoms with Gasteiger partial charge in [-0.1, -0.05) is 6.92 Å². The Hall–Kier alpha value is -0.830. The number of nitrogens with zero attached hydrogens (tertiary/aromatic N) is 2. The highest BCUT2D eigenvalue weighted by Crippen LogP contribution is 2.11. The number of hydrogen-bond donors (Lipinski definition) is 1. The van der Waals surface area contributed by atoms with Gasteiger partial charge in [-0.15, -0.1) is 0 Å². The quantitative estimate of drug-likeness (QED) is 0.728. The molecule has 0 aliphatic heterocycles. The van der Waals surface area contributed by atoms with Crippen molar-refractivity contribution in [2.24, 2.45) is 13.0 Å². The molecule has 0 saturated carbocycles. The fraction of sp³-hybridized carbons (Fsp3) is 0.667. The highest BCUT2D eigenvalue weighted by atomic mass is 16.3. The number of aromatic nitrogens is 2. The molecule has 1 heterocycles. The Balaban J connectivity index is 2.73. The van der Waals surface area contributed by atoms with Crippen LogP contribution in [-0.2, 0) is 13.5 Å². The monoisotopic (exact) mass is 168 g/mol. The molecule has 1 atom stereocenters. The predicted octanol–water partition coefficient (Wildman–Crippen LogP) is 0.899. The summed E-state index contributed by atoms with van der Waals surface area (Å²) in [6.45, 7) is 4.32. The van der Waals surface area contributed by atoms with Gasteiger partial charge in [0.1, 0.15) is 0 Å². The van der Waals surface area contributed by atoms with E-state index in [2.05, 4.69) is 5.10 Å². The summed E-state index contributed by atoms with van der Waals surface area (Å²) in [6, 6.07) is 0. The fourth-order valence-corrected chi connectivity index (χ4v) is 1.26. The molecule has 0 radical (unpaired) electrons. The first-order valence-corrected chi connectivity index (χ1v) is 4.23. The van der Waals surface area contributed by atoms with E-state index in [0.717, 1.165) is 6.42 Å². The molecule has 1 N–H and O–H groups in total. The molecule has 3 nitrogen and oxygen atoms in total. The minimum Gasteiger partial charge on any atom is -0.396 e. The van der Waals surface area contributed by atoms with Crippen molar-refractivity contribution < 1.29 is 5.11 Å². The molecule has 0 aliphatic rings. The van der Waals surface area contributed by atoms with Gasteiger partial charge in [0.2, 0.25) is 0 Å². The first-order valence-electron chi connectivity index (χ1n) is 4.23. The molecule has 12 heavy (non-hydrogen) atoms. The average Bonchev–Trinajstić information content (AvgIpc) is 2.35. The molecule has 1 aromatic heterocycles. The van der Waals surface area contributed by atoms with E-state index in [1.54, 1.807) is 0 Å². The van der Waals surface area contributed by atoms with Gasteiger partial charge < -0.3 is 5.11 Å². The van der Waals surface area contributed by atoms with Crippen LogP contribution >= 0.6 is 0 Å². The zero-order valence-corrected chi connectivity index (χ0v) is 7.91. The Bertz CT molecular complexity index is 236. The molecule has 1 rings (SSSR count). The summed E-state index contributed by atoms with van der Waals surface area (Å²) in [4.78, 5) is 0. The van der Waals surface area contributed by atoms with E-state index < -0.39 is 0 Å². The lowest BCUT2D eigenvalue weighted by molar-refractivity contribution is 0.235. The summed E-state index contributed by atoms with van der Waals surface area (Å²) >= 11 is 0. The number of aliphatic hydroxyl groups excluding tert-OH is 1. The maximum atomic E-state index is 8.89. The summed E-state index contributed by atoms with van der Waals surface area (Å²) in [5.41, 5.74) is 2.43. The first-order chi connectivity index (χ1) is 5.65. The molecule has 0 aliphatic carbocycles. The normalized spacial score (nSPS) is 13.3. The maximum Gasteiger partial charge on any atom is 0.0521 e. The van der Waals surface area contributed by atoms with Gasteiger partial charge in [-0.3, -0.25) is 4.68 Å². The van der Waals surface area contributed by atoms with Crippen LogP contribution in [0.1, 0.15) is 18.2 Å². The zero-order valence-electron chi connectivity index (χ0n) is 7.91. The summed E-state index contributed by atoms with van der Waals surface area (Å²) in [5, 5.41) is 13.0. The topological polar surface area (TPSA) is 38.0 Å². The van der Waals surface area contributed by atoms with E-state index in [1.807, 2.05) is 31.8 Å². The second-order valence-electron chi connectivity index (χ2n) is 3.39. The molecule has 0 spiro atoms. The number of aryl methyl sites for hydroxylation is 2. The van der Waals surface area contributed by atoms with Crippen molar-refractivity contribution in [1.29, 1.82) is 0 Å². The van der Waals surface area contributed by atoms with Gasteiger partial charge in [0, 0.05) is 19.3 Å². The third kappa shape index (κ3) is 1.85. The first kappa shape index (κ1) is 9.26. The van der Waals surface area contributed by atoms with Gasteiger partial charge in [0.25, 0.3) is 0 Å². The van der Waals surface area contributed by atoms with Gasteiger partial charge in [0.05, 0.1) is 6.20 Å². The zero-order chi connectivity index (χ0) is 9.14. The van der Waals surface area contributed by atoms with Crippen molar-refractivity contribution in [2.75, 3.05) is 6.61 Å². The Kier molecular flexibility index (Phi) is 2.87. The highest BCUT2D eigenvalue weighted by Gasteiger charge is 2.08. The Labute approximate surface area is 73.0 Å². The minimum atomic E-state index is 0.241. The van der Waals surface area contributed by atoms with E-state index in [4.69, 9.17) is 5.11 Å². The molecule has 0 amide bonds. The lowest BCUT2D eigenvalue weighted by atomic mass is 10.0. The van der Waals surface area contributed by atoms with Crippen molar-refractivity contribution in [3.05, 3.63) is 17.5 Å². The molecule has 0 saturated heterocycles. The largest absolute Gasteiger partial charge is 0.396 e. The van der Waals surface area contributed by atoms with Crippen LogP contribution in [0.15, 0.2) is 6.20 Å². The number of aliphatic hydroxyl groups is 1. The molecule has 68 valence electrons. The van der Waals surface area contributed by atoms with Crippen molar-refractivity contribution in [3.63, 3.8) is 0 Å². The van der Waals surface area contributed by atoms with Crippen LogP contribution in [-0.4, -0.2) is 21.5 Å².